The molecule has 0 radical (unpaired) electrons. The van der Waals surface area contributed by atoms with E-state index in [2.05, 4.69) is 20.4 Å². The van der Waals surface area contributed by atoms with Gasteiger partial charge in [-0.15, -0.1) is 0 Å². The van der Waals surface area contributed by atoms with Gasteiger partial charge in [0.2, 0.25) is 5.91 Å². The van der Waals surface area contributed by atoms with E-state index >= 15 is 0 Å². The summed E-state index contributed by atoms with van der Waals surface area (Å²) >= 11 is 0. The molecule has 28 heavy (non-hydrogen) atoms. The number of para-hydroxylation sites is 1. The summed E-state index contributed by atoms with van der Waals surface area (Å²) in [6.07, 6.45) is 0.228. The van der Waals surface area contributed by atoms with Gasteiger partial charge in [0.15, 0.2) is 0 Å². The van der Waals surface area contributed by atoms with Gasteiger partial charge in [-0.25, -0.2) is 9.97 Å². The summed E-state index contributed by atoms with van der Waals surface area (Å²) < 4.78 is 7.37. The van der Waals surface area contributed by atoms with Crippen LogP contribution in [0.1, 0.15) is 34.6 Å². The summed E-state index contributed by atoms with van der Waals surface area (Å²) in [7, 11) is 0. The molecular weight excluding hydrogens is 354 g/mol. The first kappa shape index (κ1) is 19.5. The second-order valence-corrected chi connectivity index (χ2v) is 6.90. The fraction of sp³-hybridized carbons (Fsp3) is 0.333. The highest BCUT2D eigenvalue weighted by Gasteiger charge is 2.14. The lowest BCUT2D eigenvalue weighted by atomic mass is 10.1. The SMILES string of the molecule is Cc1cc(C)nc(-n2nc(C)cc2NC(=O)CCOc2c(C)cccc2C)n1. The van der Waals surface area contributed by atoms with Gasteiger partial charge < -0.3 is 10.1 Å². The number of rotatable bonds is 6. The Morgan fingerprint density at radius 2 is 1.64 bits per heavy atom. The van der Waals surface area contributed by atoms with Crippen LogP contribution in [0.5, 0.6) is 5.75 Å². The second kappa shape index (κ2) is 8.21. The number of carbonyl (C=O) groups is 1. The molecule has 0 aliphatic rings. The zero-order valence-corrected chi connectivity index (χ0v) is 16.9. The zero-order chi connectivity index (χ0) is 20.3. The lowest BCUT2D eigenvalue weighted by Gasteiger charge is -2.12. The molecule has 7 nitrogen and oxygen atoms in total. The number of nitrogens with one attached hydrogen (secondary N) is 1. The molecule has 3 rings (SSSR count). The number of hydrogen-bond acceptors (Lipinski definition) is 5. The molecule has 0 unspecified atom stereocenters. The number of aryl methyl sites for hydroxylation is 5. The Morgan fingerprint density at radius 3 is 2.29 bits per heavy atom. The van der Waals surface area contributed by atoms with Crippen LogP contribution >= 0.6 is 0 Å². The molecule has 1 aromatic carbocycles. The first-order valence-corrected chi connectivity index (χ1v) is 9.21. The Labute approximate surface area is 164 Å². The van der Waals surface area contributed by atoms with Crippen molar-refractivity contribution in [2.75, 3.05) is 11.9 Å². The smallest absolute Gasteiger partial charge is 0.252 e. The van der Waals surface area contributed by atoms with Crippen LogP contribution in [-0.2, 0) is 4.79 Å². The van der Waals surface area contributed by atoms with Crippen molar-refractivity contribution in [2.45, 2.75) is 41.0 Å². The van der Waals surface area contributed by atoms with Crippen LogP contribution < -0.4 is 10.1 Å². The minimum atomic E-state index is -0.156. The molecule has 0 aliphatic carbocycles. The van der Waals surface area contributed by atoms with Crippen molar-refractivity contribution in [1.29, 1.82) is 0 Å². The first-order chi connectivity index (χ1) is 13.3. The fourth-order valence-corrected chi connectivity index (χ4v) is 3.02. The maximum Gasteiger partial charge on any atom is 0.252 e. The summed E-state index contributed by atoms with van der Waals surface area (Å²) in [5.41, 5.74) is 4.57. The number of carbonyl (C=O) groups excluding carboxylic acids is 1. The van der Waals surface area contributed by atoms with Crippen LogP contribution in [0.2, 0.25) is 0 Å². The number of aromatic nitrogens is 4. The predicted octanol–water partition coefficient (Wildman–Crippen LogP) is 3.61. The summed E-state index contributed by atoms with van der Waals surface area (Å²) in [6.45, 7) is 9.94. The Kier molecular flexibility index (Phi) is 5.73. The van der Waals surface area contributed by atoms with E-state index in [9.17, 15) is 4.79 Å². The molecule has 2 heterocycles. The van der Waals surface area contributed by atoms with Crippen molar-refractivity contribution in [3.05, 3.63) is 58.5 Å². The third-order valence-electron chi connectivity index (χ3n) is 4.24. The molecule has 2 aromatic heterocycles. The molecule has 1 N–H and O–H groups in total. The van der Waals surface area contributed by atoms with Crippen LogP contribution in [0.25, 0.3) is 5.95 Å². The molecule has 3 aromatic rings. The van der Waals surface area contributed by atoms with Gasteiger partial charge in [-0.2, -0.15) is 9.78 Å². The van der Waals surface area contributed by atoms with Gasteiger partial charge in [0, 0.05) is 17.5 Å². The van der Waals surface area contributed by atoms with E-state index in [1.54, 1.807) is 10.7 Å². The molecule has 0 fully saturated rings. The third-order valence-corrected chi connectivity index (χ3v) is 4.24. The lowest BCUT2D eigenvalue weighted by Crippen LogP contribution is -2.18. The molecule has 0 aliphatic heterocycles. The predicted molar refractivity (Wildman–Crippen MR) is 108 cm³/mol. The van der Waals surface area contributed by atoms with Gasteiger partial charge in [-0.1, -0.05) is 18.2 Å². The highest BCUT2D eigenvalue weighted by atomic mass is 16.5. The zero-order valence-electron chi connectivity index (χ0n) is 16.9. The van der Waals surface area contributed by atoms with Gasteiger partial charge in [0.1, 0.15) is 11.6 Å². The minimum Gasteiger partial charge on any atom is -0.493 e. The molecule has 0 atom stereocenters. The monoisotopic (exact) mass is 379 g/mol. The fourth-order valence-electron chi connectivity index (χ4n) is 3.02. The molecular formula is C21H25N5O2. The summed E-state index contributed by atoms with van der Waals surface area (Å²) in [5.74, 6) is 1.66. The Morgan fingerprint density at radius 1 is 1.00 bits per heavy atom. The van der Waals surface area contributed by atoms with Crippen LogP contribution in [0.4, 0.5) is 5.82 Å². The van der Waals surface area contributed by atoms with Gasteiger partial charge in [0.05, 0.1) is 18.7 Å². The van der Waals surface area contributed by atoms with E-state index in [0.717, 1.165) is 34.0 Å². The number of anilines is 1. The van der Waals surface area contributed by atoms with Crippen LogP contribution in [0.3, 0.4) is 0 Å². The lowest BCUT2D eigenvalue weighted by molar-refractivity contribution is -0.116. The maximum absolute atomic E-state index is 12.4. The highest BCUT2D eigenvalue weighted by molar-refractivity contribution is 5.90. The van der Waals surface area contributed by atoms with Crippen LogP contribution in [-0.4, -0.2) is 32.3 Å². The molecule has 0 spiro atoms. The number of ether oxygens (including phenoxy) is 1. The van der Waals surface area contributed by atoms with Crippen LogP contribution in [0.15, 0.2) is 30.3 Å². The molecule has 0 saturated heterocycles. The van der Waals surface area contributed by atoms with Gasteiger partial charge in [-0.05, 0) is 51.8 Å². The number of benzene rings is 1. The summed E-state index contributed by atoms with van der Waals surface area (Å²) in [4.78, 5) is 21.3. The summed E-state index contributed by atoms with van der Waals surface area (Å²) in [5, 5.41) is 7.30. The number of amides is 1. The van der Waals surface area contributed by atoms with Crippen molar-refractivity contribution < 1.29 is 9.53 Å². The number of nitrogens with zero attached hydrogens (tertiary/aromatic N) is 4. The molecule has 0 bridgehead atoms. The molecule has 0 saturated carbocycles. The van der Waals surface area contributed by atoms with Crippen molar-refractivity contribution >= 4 is 11.7 Å². The largest absolute Gasteiger partial charge is 0.493 e. The quantitative estimate of drug-likeness (QED) is 0.707. The normalized spacial score (nSPS) is 10.8. The van der Waals surface area contributed by atoms with Gasteiger partial charge in [0.25, 0.3) is 5.95 Å². The summed E-state index contributed by atoms with van der Waals surface area (Å²) in [6, 6.07) is 9.66. The van der Waals surface area contributed by atoms with E-state index in [-0.39, 0.29) is 12.3 Å². The van der Waals surface area contributed by atoms with E-state index in [1.807, 2.05) is 58.9 Å². The van der Waals surface area contributed by atoms with E-state index in [4.69, 9.17) is 4.74 Å². The average molecular weight is 379 g/mol. The highest BCUT2D eigenvalue weighted by Crippen LogP contribution is 2.22. The molecule has 1 amide bonds. The minimum absolute atomic E-state index is 0.156. The first-order valence-electron chi connectivity index (χ1n) is 9.21. The topological polar surface area (TPSA) is 81.9 Å². The van der Waals surface area contributed by atoms with Crippen molar-refractivity contribution in [2.24, 2.45) is 0 Å². The molecule has 7 heteroatoms. The van der Waals surface area contributed by atoms with E-state index in [0.29, 0.717) is 18.4 Å². The third kappa shape index (κ3) is 4.54. The Balaban J connectivity index is 1.68. The Bertz CT molecular complexity index is 970. The molecule has 146 valence electrons. The van der Waals surface area contributed by atoms with Crippen LogP contribution in [0, 0.1) is 34.6 Å². The Hall–Kier alpha value is -3.22. The van der Waals surface area contributed by atoms with E-state index < -0.39 is 0 Å². The van der Waals surface area contributed by atoms with Gasteiger partial charge >= 0.3 is 0 Å². The van der Waals surface area contributed by atoms with E-state index in [1.165, 1.54) is 0 Å². The van der Waals surface area contributed by atoms with Crippen molar-refractivity contribution in [1.82, 2.24) is 19.7 Å². The van der Waals surface area contributed by atoms with Crippen molar-refractivity contribution in [3.63, 3.8) is 0 Å². The van der Waals surface area contributed by atoms with Crippen molar-refractivity contribution in [3.8, 4) is 11.7 Å². The maximum atomic E-state index is 12.4. The van der Waals surface area contributed by atoms with Gasteiger partial charge in [-0.3, -0.25) is 4.79 Å². The number of hydrogen-bond donors (Lipinski definition) is 1. The second-order valence-electron chi connectivity index (χ2n) is 6.90. The standard InChI is InChI=1S/C21H25N5O2/c1-13-7-6-8-14(2)20(13)28-10-9-19(27)24-18-12-17(5)25-26(18)21-22-15(3)11-16(4)23-21/h6-8,11-12H,9-10H2,1-5H3,(H,24,27). The average Bonchev–Trinajstić information content (AvgIpc) is 2.97.